The number of carbonyl (C=O) groups excluding carboxylic acids is 1. The molecule has 0 unspecified atom stereocenters. The van der Waals surface area contributed by atoms with Crippen molar-refractivity contribution in [2.24, 2.45) is 0 Å². The molecule has 0 aliphatic carbocycles. The Bertz CT molecular complexity index is 677. The largest absolute Gasteiger partial charge is 0.481 e. The number of hydrogen-bond acceptors (Lipinski definition) is 3. The van der Waals surface area contributed by atoms with Gasteiger partial charge < -0.3 is 14.4 Å². The van der Waals surface area contributed by atoms with Crippen LogP contribution in [-0.2, 0) is 4.79 Å². The molecule has 0 aliphatic heterocycles. The van der Waals surface area contributed by atoms with Gasteiger partial charge in [0.25, 0.3) is 5.91 Å². The second kappa shape index (κ2) is 5.54. The quantitative estimate of drug-likeness (QED) is 0.941. The summed E-state index contributed by atoms with van der Waals surface area (Å²) in [4.78, 5) is 24.1. The maximum atomic E-state index is 12.3. The summed E-state index contributed by atoms with van der Waals surface area (Å²) >= 11 is 6.03. The van der Waals surface area contributed by atoms with Crippen LogP contribution < -0.4 is 0 Å². The lowest BCUT2D eigenvalue weighted by molar-refractivity contribution is -0.137. The minimum absolute atomic E-state index is 0.109. The van der Waals surface area contributed by atoms with E-state index in [-0.39, 0.29) is 24.6 Å². The summed E-state index contributed by atoms with van der Waals surface area (Å²) in [6.45, 7) is 1.90. The zero-order chi connectivity index (χ0) is 14.9. The van der Waals surface area contributed by atoms with Gasteiger partial charge >= 0.3 is 5.97 Å². The number of aliphatic carboxylic acids is 1. The van der Waals surface area contributed by atoms with Crippen molar-refractivity contribution < 1.29 is 19.1 Å². The van der Waals surface area contributed by atoms with Crippen LogP contribution in [-0.4, -0.2) is 35.5 Å². The van der Waals surface area contributed by atoms with Crippen molar-refractivity contribution in [3.63, 3.8) is 0 Å². The lowest BCUT2D eigenvalue weighted by Gasteiger charge is -2.14. The third-order valence-corrected chi connectivity index (χ3v) is 3.42. The standard InChI is InChI=1S/C14H14ClNO4/c1-8-9-4-3-5-10(15)13(9)20-12(8)14(19)16(2)7-6-11(17)18/h3-5H,6-7H2,1-2H3,(H,17,18). The van der Waals surface area contributed by atoms with E-state index in [4.69, 9.17) is 21.1 Å². The van der Waals surface area contributed by atoms with Crippen LogP contribution in [0.1, 0.15) is 22.5 Å². The van der Waals surface area contributed by atoms with Crippen LogP contribution in [0.4, 0.5) is 0 Å². The van der Waals surface area contributed by atoms with Crippen molar-refractivity contribution in [3.8, 4) is 0 Å². The van der Waals surface area contributed by atoms with Gasteiger partial charge in [0, 0.05) is 24.5 Å². The number of aryl methyl sites for hydroxylation is 1. The first-order valence-electron chi connectivity index (χ1n) is 6.06. The maximum absolute atomic E-state index is 12.3. The van der Waals surface area contributed by atoms with E-state index in [2.05, 4.69) is 0 Å². The van der Waals surface area contributed by atoms with Crippen molar-refractivity contribution in [1.29, 1.82) is 0 Å². The third kappa shape index (κ3) is 2.63. The van der Waals surface area contributed by atoms with Crippen LogP contribution in [0, 0.1) is 6.92 Å². The fourth-order valence-electron chi connectivity index (χ4n) is 1.95. The number of carboxylic acid groups (broad SMARTS) is 1. The average Bonchev–Trinajstić information content (AvgIpc) is 2.74. The number of rotatable bonds is 4. The molecular weight excluding hydrogens is 282 g/mol. The zero-order valence-corrected chi connectivity index (χ0v) is 11.9. The highest BCUT2D eigenvalue weighted by molar-refractivity contribution is 6.35. The minimum atomic E-state index is -0.950. The Labute approximate surface area is 120 Å². The number of carbonyl (C=O) groups is 2. The van der Waals surface area contributed by atoms with Gasteiger partial charge in [-0.25, -0.2) is 0 Å². The van der Waals surface area contributed by atoms with Gasteiger partial charge in [-0.15, -0.1) is 0 Å². The first kappa shape index (κ1) is 14.4. The molecule has 0 bridgehead atoms. The molecule has 2 rings (SSSR count). The van der Waals surface area contributed by atoms with E-state index in [1.165, 1.54) is 4.90 Å². The molecular formula is C14H14ClNO4. The Morgan fingerprint density at radius 2 is 2.10 bits per heavy atom. The number of furan rings is 1. The Hall–Kier alpha value is -2.01. The van der Waals surface area contributed by atoms with E-state index >= 15 is 0 Å². The summed E-state index contributed by atoms with van der Waals surface area (Å²) < 4.78 is 5.55. The van der Waals surface area contributed by atoms with Gasteiger partial charge in [-0.05, 0) is 13.0 Å². The first-order chi connectivity index (χ1) is 9.41. The monoisotopic (exact) mass is 295 g/mol. The molecule has 1 amide bonds. The van der Waals surface area contributed by atoms with Crippen LogP contribution in [0.15, 0.2) is 22.6 Å². The summed E-state index contributed by atoms with van der Waals surface area (Å²) in [5.74, 6) is -1.11. The number of carboxylic acids is 1. The SMILES string of the molecule is Cc1c(C(=O)N(C)CCC(=O)O)oc2c(Cl)cccc12. The van der Waals surface area contributed by atoms with E-state index in [1.807, 2.05) is 6.07 Å². The molecule has 0 spiro atoms. The van der Waals surface area contributed by atoms with Gasteiger partial charge in [0.2, 0.25) is 0 Å². The summed E-state index contributed by atoms with van der Waals surface area (Å²) in [5, 5.41) is 9.87. The maximum Gasteiger partial charge on any atom is 0.305 e. The summed E-state index contributed by atoms with van der Waals surface area (Å²) in [5.41, 5.74) is 1.18. The molecule has 0 aliphatic rings. The average molecular weight is 296 g/mol. The van der Waals surface area contributed by atoms with Gasteiger partial charge in [0.15, 0.2) is 11.3 Å². The fourth-order valence-corrected chi connectivity index (χ4v) is 2.16. The second-order valence-corrected chi connectivity index (χ2v) is 4.95. The zero-order valence-electron chi connectivity index (χ0n) is 11.1. The van der Waals surface area contributed by atoms with Gasteiger partial charge in [0.05, 0.1) is 11.4 Å². The van der Waals surface area contributed by atoms with Crippen LogP contribution >= 0.6 is 11.6 Å². The first-order valence-corrected chi connectivity index (χ1v) is 6.44. The van der Waals surface area contributed by atoms with Crippen LogP contribution in [0.5, 0.6) is 0 Å². The highest BCUT2D eigenvalue weighted by Crippen LogP contribution is 2.31. The normalized spacial score (nSPS) is 10.8. The second-order valence-electron chi connectivity index (χ2n) is 4.54. The highest BCUT2D eigenvalue weighted by Gasteiger charge is 2.22. The Balaban J connectivity index is 2.33. The molecule has 20 heavy (non-hydrogen) atoms. The molecule has 0 radical (unpaired) electrons. The van der Waals surface area contributed by atoms with Crippen molar-refractivity contribution in [1.82, 2.24) is 4.90 Å². The third-order valence-electron chi connectivity index (χ3n) is 3.12. The van der Waals surface area contributed by atoms with Crippen molar-refractivity contribution >= 4 is 34.4 Å². The number of para-hydroxylation sites is 1. The van der Waals surface area contributed by atoms with Crippen LogP contribution in [0.3, 0.4) is 0 Å². The van der Waals surface area contributed by atoms with Gasteiger partial charge in [-0.1, -0.05) is 23.7 Å². The predicted octanol–water partition coefficient (Wildman–Crippen LogP) is 2.94. The Kier molecular flexibility index (Phi) is 3.99. The number of benzene rings is 1. The molecule has 6 heteroatoms. The molecule has 106 valence electrons. The molecule has 1 aromatic carbocycles. The van der Waals surface area contributed by atoms with Crippen molar-refractivity contribution in [3.05, 3.63) is 34.5 Å². The van der Waals surface area contributed by atoms with E-state index in [0.717, 1.165) is 5.39 Å². The molecule has 0 saturated heterocycles. The van der Waals surface area contributed by atoms with Gasteiger partial charge in [0.1, 0.15) is 0 Å². The number of nitrogens with zero attached hydrogens (tertiary/aromatic N) is 1. The Morgan fingerprint density at radius 1 is 1.40 bits per heavy atom. The summed E-state index contributed by atoms with van der Waals surface area (Å²) in [6, 6.07) is 5.30. The van der Waals surface area contributed by atoms with Crippen LogP contribution in [0.25, 0.3) is 11.0 Å². The Morgan fingerprint density at radius 3 is 2.70 bits per heavy atom. The molecule has 0 saturated carbocycles. The lowest BCUT2D eigenvalue weighted by atomic mass is 10.1. The van der Waals surface area contributed by atoms with Gasteiger partial charge in [-0.3, -0.25) is 9.59 Å². The smallest absolute Gasteiger partial charge is 0.305 e. The van der Waals surface area contributed by atoms with Crippen LogP contribution in [0.2, 0.25) is 5.02 Å². The molecule has 1 heterocycles. The molecule has 0 fully saturated rings. The predicted molar refractivity (Wildman–Crippen MR) is 75.2 cm³/mol. The molecule has 2 aromatic rings. The number of halogens is 1. The number of amides is 1. The summed E-state index contributed by atoms with van der Waals surface area (Å²) in [6.07, 6.45) is -0.109. The topological polar surface area (TPSA) is 70.8 Å². The van der Waals surface area contributed by atoms with E-state index in [9.17, 15) is 9.59 Å². The van der Waals surface area contributed by atoms with E-state index in [1.54, 1.807) is 26.1 Å². The fraction of sp³-hybridized carbons (Fsp3) is 0.286. The van der Waals surface area contributed by atoms with Crippen molar-refractivity contribution in [2.45, 2.75) is 13.3 Å². The number of hydrogen-bond donors (Lipinski definition) is 1. The molecule has 5 nitrogen and oxygen atoms in total. The summed E-state index contributed by atoms with van der Waals surface area (Å²) in [7, 11) is 1.54. The van der Waals surface area contributed by atoms with Crippen molar-refractivity contribution in [2.75, 3.05) is 13.6 Å². The molecule has 1 aromatic heterocycles. The van der Waals surface area contributed by atoms with E-state index in [0.29, 0.717) is 16.2 Å². The minimum Gasteiger partial charge on any atom is -0.481 e. The number of fused-ring (bicyclic) bond motifs is 1. The highest BCUT2D eigenvalue weighted by atomic mass is 35.5. The molecule has 0 atom stereocenters. The van der Waals surface area contributed by atoms with Gasteiger partial charge in [-0.2, -0.15) is 0 Å². The lowest BCUT2D eigenvalue weighted by Crippen LogP contribution is -2.29. The molecule has 1 N–H and O–H groups in total. The van der Waals surface area contributed by atoms with E-state index < -0.39 is 5.97 Å².